The topological polar surface area (TPSA) is 68.8 Å². The van der Waals surface area contributed by atoms with Crippen LogP contribution in [0.3, 0.4) is 0 Å². The fourth-order valence-corrected chi connectivity index (χ4v) is 3.03. The molecule has 2 atom stereocenters. The van der Waals surface area contributed by atoms with Gasteiger partial charge in [-0.05, 0) is 31.5 Å². The minimum atomic E-state index is -0.240. The van der Waals surface area contributed by atoms with E-state index in [9.17, 15) is 4.79 Å². The molecule has 2 amide bonds. The molecule has 6 heteroatoms. The molecule has 2 aromatic rings. The number of para-hydroxylation sites is 3. The lowest BCUT2D eigenvalue weighted by Gasteiger charge is -2.27. The highest BCUT2D eigenvalue weighted by molar-refractivity contribution is 5.74. The van der Waals surface area contributed by atoms with Crippen molar-refractivity contribution in [1.29, 1.82) is 0 Å². The van der Waals surface area contributed by atoms with E-state index in [1.165, 1.54) is 0 Å². The summed E-state index contributed by atoms with van der Waals surface area (Å²) in [7, 11) is 0. The lowest BCUT2D eigenvalue weighted by molar-refractivity contribution is 0.0917. The van der Waals surface area contributed by atoms with Crippen LogP contribution in [0.25, 0.3) is 0 Å². The van der Waals surface area contributed by atoms with Crippen molar-refractivity contribution in [2.45, 2.75) is 32.4 Å². The van der Waals surface area contributed by atoms with Crippen LogP contribution >= 0.6 is 0 Å². The van der Waals surface area contributed by atoms with E-state index in [1.54, 1.807) is 0 Å². The first-order valence-corrected chi connectivity index (χ1v) is 9.35. The molecular formula is C21H26N2O4. The van der Waals surface area contributed by atoms with Gasteiger partial charge in [0.05, 0.1) is 19.2 Å². The van der Waals surface area contributed by atoms with Crippen LogP contribution in [0.1, 0.15) is 31.9 Å². The number of carbonyl (C=O) groups excluding carboxylic acids is 1. The van der Waals surface area contributed by atoms with Gasteiger partial charge in [-0.1, -0.05) is 37.3 Å². The Balaban J connectivity index is 1.54. The molecule has 0 saturated carbocycles. The number of rotatable bonds is 7. The van der Waals surface area contributed by atoms with Gasteiger partial charge in [-0.3, -0.25) is 0 Å². The van der Waals surface area contributed by atoms with Crippen molar-refractivity contribution in [2.75, 3.05) is 19.8 Å². The van der Waals surface area contributed by atoms with Crippen molar-refractivity contribution >= 4 is 6.03 Å². The molecule has 0 aliphatic carbocycles. The van der Waals surface area contributed by atoms with Crippen LogP contribution in [0.15, 0.2) is 48.5 Å². The summed E-state index contributed by atoms with van der Waals surface area (Å²) >= 11 is 0. The zero-order chi connectivity index (χ0) is 19.1. The summed E-state index contributed by atoms with van der Waals surface area (Å²) < 4.78 is 17.2. The van der Waals surface area contributed by atoms with E-state index in [1.807, 2.05) is 62.4 Å². The smallest absolute Gasteiger partial charge is 0.315 e. The van der Waals surface area contributed by atoms with Crippen molar-refractivity contribution in [3.8, 4) is 17.2 Å². The quantitative estimate of drug-likeness (QED) is 0.780. The average molecular weight is 370 g/mol. The molecule has 6 nitrogen and oxygen atoms in total. The minimum absolute atomic E-state index is 0.128. The van der Waals surface area contributed by atoms with Crippen molar-refractivity contribution in [3.63, 3.8) is 0 Å². The summed E-state index contributed by atoms with van der Waals surface area (Å²) in [5.41, 5.74) is 0.975. The summed E-state index contributed by atoms with van der Waals surface area (Å²) in [6.45, 7) is 5.33. The molecular weight excluding hydrogens is 344 g/mol. The Hall–Kier alpha value is -2.89. The maximum Gasteiger partial charge on any atom is 0.315 e. The van der Waals surface area contributed by atoms with E-state index < -0.39 is 0 Å². The van der Waals surface area contributed by atoms with Crippen LogP contribution in [0.4, 0.5) is 4.79 Å². The van der Waals surface area contributed by atoms with Crippen molar-refractivity contribution in [1.82, 2.24) is 10.6 Å². The Morgan fingerprint density at radius 1 is 1.15 bits per heavy atom. The number of carbonyl (C=O) groups is 1. The SMILES string of the molecule is CCOc1ccccc1C(CC)NC(=O)NCC1COc2ccccc2O1. The lowest BCUT2D eigenvalue weighted by atomic mass is 10.0. The van der Waals surface area contributed by atoms with Crippen LogP contribution in [0, 0.1) is 0 Å². The summed E-state index contributed by atoms with van der Waals surface area (Å²) in [5, 5.41) is 5.89. The van der Waals surface area contributed by atoms with Gasteiger partial charge in [0.25, 0.3) is 0 Å². The predicted octanol–water partition coefficient (Wildman–Crippen LogP) is 3.68. The standard InChI is InChI=1S/C21H26N2O4/c1-3-17(16-9-5-6-10-18(16)25-4-2)23-21(24)22-13-15-14-26-19-11-7-8-12-20(19)27-15/h5-12,15,17H,3-4,13-14H2,1-2H3,(H2,22,23,24). The molecule has 2 aromatic carbocycles. The molecule has 0 radical (unpaired) electrons. The third-order valence-corrected chi connectivity index (χ3v) is 4.37. The summed E-state index contributed by atoms with van der Waals surface area (Å²) in [6, 6.07) is 14.9. The van der Waals surface area contributed by atoms with Gasteiger partial charge >= 0.3 is 6.03 Å². The van der Waals surface area contributed by atoms with E-state index in [2.05, 4.69) is 10.6 Å². The zero-order valence-electron chi connectivity index (χ0n) is 15.7. The van der Waals surface area contributed by atoms with E-state index in [0.717, 1.165) is 23.5 Å². The first kappa shape index (κ1) is 18.9. The van der Waals surface area contributed by atoms with Crippen molar-refractivity contribution in [3.05, 3.63) is 54.1 Å². The van der Waals surface area contributed by atoms with Gasteiger partial charge < -0.3 is 24.8 Å². The number of benzene rings is 2. The second-order valence-electron chi connectivity index (χ2n) is 6.28. The summed E-state index contributed by atoms with van der Waals surface area (Å²) in [6.07, 6.45) is 0.537. The number of urea groups is 1. The Kier molecular flexibility index (Phi) is 6.41. The molecule has 0 saturated heterocycles. The van der Waals surface area contributed by atoms with Gasteiger partial charge in [-0.25, -0.2) is 4.79 Å². The fourth-order valence-electron chi connectivity index (χ4n) is 3.03. The normalized spacial score (nSPS) is 16.3. The zero-order valence-corrected chi connectivity index (χ0v) is 15.7. The number of hydrogen-bond acceptors (Lipinski definition) is 4. The van der Waals surface area contributed by atoms with E-state index >= 15 is 0 Å². The highest BCUT2D eigenvalue weighted by Gasteiger charge is 2.22. The monoisotopic (exact) mass is 370 g/mol. The fraction of sp³-hybridized carbons (Fsp3) is 0.381. The highest BCUT2D eigenvalue weighted by atomic mass is 16.6. The molecule has 0 bridgehead atoms. The van der Waals surface area contributed by atoms with E-state index in [-0.39, 0.29) is 18.2 Å². The molecule has 2 N–H and O–H groups in total. The predicted molar refractivity (Wildman–Crippen MR) is 104 cm³/mol. The lowest BCUT2D eigenvalue weighted by Crippen LogP contribution is -2.45. The first-order valence-electron chi connectivity index (χ1n) is 9.35. The van der Waals surface area contributed by atoms with Crippen LogP contribution < -0.4 is 24.8 Å². The van der Waals surface area contributed by atoms with Crippen LogP contribution in [-0.2, 0) is 0 Å². The number of ether oxygens (including phenoxy) is 3. The highest BCUT2D eigenvalue weighted by Crippen LogP contribution is 2.30. The second kappa shape index (κ2) is 9.16. The third-order valence-electron chi connectivity index (χ3n) is 4.37. The Morgan fingerprint density at radius 3 is 2.67 bits per heavy atom. The molecule has 1 aliphatic heterocycles. The van der Waals surface area contributed by atoms with Gasteiger partial charge in [0.1, 0.15) is 12.4 Å². The van der Waals surface area contributed by atoms with Gasteiger partial charge in [-0.15, -0.1) is 0 Å². The van der Waals surface area contributed by atoms with Crippen molar-refractivity contribution in [2.24, 2.45) is 0 Å². The minimum Gasteiger partial charge on any atom is -0.494 e. The van der Waals surface area contributed by atoms with Crippen molar-refractivity contribution < 1.29 is 19.0 Å². The largest absolute Gasteiger partial charge is 0.494 e. The summed E-state index contributed by atoms with van der Waals surface area (Å²) in [4.78, 5) is 12.4. The Labute approximate surface area is 159 Å². The van der Waals surface area contributed by atoms with Gasteiger partial charge in [0, 0.05) is 5.56 Å². The molecule has 2 unspecified atom stereocenters. The molecule has 0 spiro atoms. The van der Waals surface area contributed by atoms with E-state index in [0.29, 0.717) is 25.5 Å². The molecule has 1 aliphatic rings. The maximum absolute atomic E-state index is 12.4. The Bertz CT molecular complexity index is 765. The van der Waals surface area contributed by atoms with Gasteiger partial charge in [0.2, 0.25) is 0 Å². The average Bonchev–Trinajstić information content (AvgIpc) is 2.71. The number of hydrogen-bond donors (Lipinski definition) is 2. The second-order valence-corrected chi connectivity index (χ2v) is 6.28. The summed E-state index contributed by atoms with van der Waals surface area (Å²) in [5.74, 6) is 2.23. The molecule has 144 valence electrons. The number of nitrogens with one attached hydrogen (secondary N) is 2. The Morgan fingerprint density at radius 2 is 1.89 bits per heavy atom. The molecule has 27 heavy (non-hydrogen) atoms. The van der Waals surface area contributed by atoms with Crippen LogP contribution in [-0.4, -0.2) is 31.9 Å². The first-order chi connectivity index (χ1) is 13.2. The molecule has 0 aromatic heterocycles. The number of fused-ring (bicyclic) bond motifs is 1. The van der Waals surface area contributed by atoms with E-state index in [4.69, 9.17) is 14.2 Å². The van der Waals surface area contributed by atoms with Crippen LogP contribution in [0.5, 0.6) is 17.2 Å². The van der Waals surface area contributed by atoms with Crippen LogP contribution in [0.2, 0.25) is 0 Å². The maximum atomic E-state index is 12.4. The molecule has 1 heterocycles. The number of amides is 2. The van der Waals surface area contributed by atoms with Gasteiger partial charge in [-0.2, -0.15) is 0 Å². The molecule has 3 rings (SSSR count). The van der Waals surface area contributed by atoms with Gasteiger partial charge in [0.15, 0.2) is 17.6 Å². The molecule has 0 fully saturated rings. The third kappa shape index (κ3) is 4.84.